The Morgan fingerprint density at radius 3 is 2.39 bits per heavy atom. The van der Waals surface area contributed by atoms with Gasteiger partial charge in [-0.25, -0.2) is 4.79 Å². The van der Waals surface area contributed by atoms with E-state index >= 15 is 0 Å². The van der Waals surface area contributed by atoms with Crippen molar-refractivity contribution in [3.05, 3.63) is 35.5 Å². The zero-order valence-electron chi connectivity index (χ0n) is 33.6. The Kier molecular flexibility index (Phi) is 15.1. The number of allylic oxidation sites excluding steroid dienone is 1. The second-order valence-electron chi connectivity index (χ2n) is 16.5. The molecule has 15 atom stereocenters. The molecule has 4 aliphatic rings. The monoisotopic (exact) mass is 763 g/mol. The average Bonchev–Trinajstić information content (AvgIpc) is 3.81. The van der Waals surface area contributed by atoms with Crippen LogP contribution in [0.25, 0.3) is 0 Å². The van der Waals surface area contributed by atoms with Crippen molar-refractivity contribution in [2.45, 2.75) is 180 Å². The van der Waals surface area contributed by atoms with E-state index in [1.807, 2.05) is 73.6 Å². The van der Waals surface area contributed by atoms with E-state index in [0.29, 0.717) is 32.1 Å². The zero-order chi connectivity index (χ0) is 40.1. The molecule has 2 bridgehead atoms. The second-order valence-corrected chi connectivity index (χ2v) is 16.5. The highest BCUT2D eigenvalue weighted by molar-refractivity contribution is 5.89. The topological polar surface area (TPSA) is 197 Å². The van der Waals surface area contributed by atoms with Gasteiger partial charge in [-0.2, -0.15) is 0 Å². The Labute approximate surface area is 320 Å². The normalized spacial score (nSPS) is 42.4. The highest BCUT2D eigenvalue weighted by atomic mass is 16.7. The van der Waals surface area contributed by atoms with Crippen LogP contribution in [0.1, 0.15) is 114 Å². The third kappa shape index (κ3) is 11.0. The summed E-state index contributed by atoms with van der Waals surface area (Å²) in [6.07, 6.45) is 3.12. The van der Waals surface area contributed by atoms with Gasteiger partial charge in [-0.3, -0.25) is 9.59 Å². The van der Waals surface area contributed by atoms with E-state index in [1.165, 1.54) is 0 Å². The number of epoxide rings is 1. The van der Waals surface area contributed by atoms with Crippen molar-refractivity contribution in [2.24, 2.45) is 29.4 Å². The third-order valence-corrected chi connectivity index (χ3v) is 11.8. The van der Waals surface area contributed by atoms with Crippen LogP contribution < -0.4 is 5.73 Å². The molecule has 2 saturated heterocycles. The molecule has 13 heteroatoms. The number of rotatable bonds is 9. The summed E-state index contributed by atoms with van der Waals surface area (Å²) in [5.74, 6) is -3.55. The molecule has 1 unspecified atom stereocenters. The minimum Gasteiger partial charge on any atom is -0.462 e. The number of ketones is 1. The van der Waals surface area contributed by atoms with E-state index in [-0.39, 0.29) is 43.0 Å². The fourth-order valence-electron chi connectivity index (χ4n) is 8.43. The Morgan fingerprint density at radius 1 is 1.04 bits per heavy atom. The van der Waals surface area contributed by atoms with Crippen LogP contribution in [0.15, 0.2) is 35.5 Å². The van der Waals surface area contributed by atoms with Gasteiger partial charge < -0.3 is 49.5 Å². The highest BCUT2D eigenvalue weighted by Crippen LogP contribution is 2.45. The SMILES string of the molecule is CCC(=O)[C@]1(C)O[C@H]1[C@H](C)C[C@@H](C)[C@H]1OC(=O)C[C@@]2(O)CC=C(C)[C@H](O2)/C(C)=C/CCC[C@@H](O[C@H]2C[C@@H](OC(N)=O)[C@H](O)[C@@H](C)O2)/C=C/[C@H](C)C(O)[C@H]1C. The second kappa shape index (κ2) is 18.5. The first kappa shape index (κ1) is 44.1. The molecule has 0 aliphatic carbocycles. The summed E-state index contributed by atoms with van der Waals surface area (Å²) in [6, 6.07) is 0. The van der Waals surface area contributed by atoms with E-state index in [4.69, 9.17) is 34.2 Å². The fraction of sp³-hybridized carbons (Fsp3) is 0.780. The van der Waals surface area contributed by atoms with Crippen molar-refractivity contribution in [3.8, 4) is 0 Å². The highest BCUT2D eigenvalue weighted by Gasteiger charge is 2.59. The van der Waals surface area contributed by atoms with Crippen LogP contribution in [0.2, 0.25) is 0 Å². The number of hydrogen-bond acceptors (Lipinski definition) is 12. The minimum absolute atomic E-state index is 0.0277. The molecule has 4 aliphatic heterocycles. The molecule has 1 amide bonds. The number of fused-ring (bicyclic) bond motifs is 2. The molecule has 4 heterocycles. The number of carbonyl (C=O) groups is 3. The van der Waals surface area contributed by atoms with Crippen molar-refractivity contribution in [1.82, 2.24) is 0 Å². The van der Waals surface area contributed by atoms with Crippen LogP contribution in [0.5, 0.6) is 0 Å². The Morgan fingerprint density at radius 2 is 1.72 bits per heavy atom. The summed E-state index contributed by atoms with van der Waals surface area (Å²) in [4.78, 5) is 37.8. The molecule has 306 valence electrons. The Hall–Kier alpha value is -2.65. The van der Waals surface area contributed by atoms with Crippen molar-refractivity contribution in [2.75, 3.05) is 0 Å². The van der Waals surface area contributed by atoms with Gasteiger partial charge in [-0.1, -0.05) is 58.9 Å². The van der Waals surface area contributed by atoms with Crippen LogP contribution >= 0.6 is 0 Å². The summed E-state index contributed by atoms with van der Waals surface area (Å²) in [5, 5.41) is 33.9. The van der Waals surface area contributed by atoms with E-state index in [0.717, 1.165) is 11.1 Å². The average molecular weight is 764 g/mol. The van der Waals surface area contributed by atoms with Gasteiger partial charge in [-0.05, 0) is 76.4 Å². The summed E-state index contributed by atoms with van der Waals surface area (Å²) < 4.78 is 35.8. The van der Waals surface area contributed by atoms with E-state index in [2.05, 4.69) is 6.08 Å². The first-order valence-electron chi connectivity index (χ1n) is 19.7. The van der Waals surface area contributed by atoms with Gasteiger partial charge in [0.05, 0.1) is 30.8 Å². The molecule has 54 heavy (non-hydrogen) atoms. The van der Waals surface area contributed by atoms with Crippen molar-refractivity contribution >= 4 is 17.8 Å². The zero-order valence-corrected chi connectivity index (χ0v) is 33.6. The summed E-state index contributed by atoms with van der Waals surface area (Å²) in [5.41, 5.74) is 6.26. The molecule has 0 aromatic rings. The molecule has 0 aromatic carbocycles. The van der Waals surface area contributed by atoms with Crippen LogP contribution in [0, 0.1) is 23.7 Å². The lowest BCUT2D eigenvalue weighted by Crippen LogP contribution is -2.50. The summed E-state index contributed by atoms with van der Waals surface area (Å²) in [7, 11) is 0. The molecule has 0 aromatic heterocycles. The fourth-order valence-corrected chi connectivity index (χ4v) is 8.43. The number of Topliss-reactive ketones (excluding diaryl/α,β-unsaturated/α-hetero) is 1. The van der Waals surface area contributed by atoms with Gasteiger partial charge in [0.2, 0.25) is 0 Å². The largest absolute Gasteiger partial charge is 0.462 e. The molecular weight excluding hydrogens is 698 g/mol. The Bertz CT molecular complexity index is 1410. The number of hydrogen-bond donors (Lipinski definition) is 4. The van der Waals surface area contributed by atoms with E-state index in [9.17, 15) is 29.7 Å². The molecule has 13 nitrogen and oxygen atoms in total. The number of esters is 1. The minimum atomic E-state index is -1.77. The smallest absolute Gasteiger partial charge is 0.404 e. The van der Waals surface area contributed by atoms with Crippen LogP contribution in [-0.4, -0.2) is 99.7 Å². The quantitative estimate of drug-likeness (QED) is 0.137. The molecule has 0 saturated carbocycles. The molecular formula is C41H65NO12. The van der Waals surface area contributed by atoms with Crippen molar-refractivity contribution in [3.63, 3.8) is 0 Å². The van der Waals surface area contributed by atoms with Crippen LogP contribution in [0.3, 0.4) is 0 Å². The van der Waals surface area contributed by atoms with Gasteiger partial charge >= 0.3 is 12.1 Å². The standard InChI is InChI=1S/C41H65NO12/c1-10-31(43)40(9)38(54-40)26(6)19-25(5)37-27(7)34(45)22(2)15-16-29(50-33-20-30(51-39(42)47)35(46)28(8)49-33)14-12-11-13-23(3)36-24(4)17-18-41(48,53-36)21-32(44)52-37/h13,15-17,22,25-30,33-38,45-46,48H,10-12,14,18-21H2,1-9H3,(H2,42,47)/b16-15+,23-13+/t22-,25+,26+,27+,28+,29+,30+,33-,34?,35+,36+,37+,38-,40-,41+/m0/s1. The number of carbonyl (C=O) groups excluding carboxylic acids is 3. The number of ether oxygens (including phenoxy) is 6. The third-order valence-electron chi connectivity index (χ3n) is 11.8. The lowest BCUT2D eigenvalue weighted by atomic mass is 9.79. The van der Waals surface area contributed by atoms with Crippen molar-refractivity contribution in [1.29, 1.82) is 0 Å². The first-order chi connectivity index (χ1) is 25.3. The maximum atomic E-state index is 13.7. The lowest BCUT2D eigenvalue weighted by Gasteiger charge is -2.38. The summed E-state index contributed by atoms with van der Waals surface area (Å²) in [6.45, 7) is 16.9. The molecule has 0 spiro atoms. The number of cyclic esters (lactones) is 1. The predicted molar refractivity (Wildman–Crippen MR) is 200 cm³/mol. The van der Waals surface area contributed by atoms with Gasteiger partial charge in [0.15, 0.2) is 23.5 Å². The van der Waals surface area contributed by atoms with Gasteiger partial charge in [0.25, 0.3) is 0 Å². The molecule has 2 fully saturated rings. The van der Waals surface area contributed by atoms with Crippen LogP contribution in [0.4, 0.5) is 4.79 Å². The van der Waals surface area contributed by atoms with E-state index < -0.39 is 84.3 Å². The summed E-state index contributed by atoms with van der Waals surface area (Å²) >= 11 is 0. The van der Waals surface area contributed by atoms with Crippen molar-refractivity contribution < 1.29 is 58.1 Å². The van der Waals surface area contributed by atoms with E-state index in [1.54, 1.807) is 6.92 Å². The number of aliphatic hydroxyl groups is 3. The number of nitrogens with two attached hydrogens (primary N) is 1. The number of primary amides is 1. The number of aliphatic hydroxyl groups excluding tert-OH is 2. The lowest BCUT2D eigenvalue weighted by molar-refractivity contribution is -0.254. The van der Waals surface area contributed by atoms with Gasteiger partial charge in [0.1, 0.15) is 24.4 Å². The maximum absolute atomic E-state index is 13.7. The Balaban J connectivity index is 1.60. The molecule has 0 radical (unpaired) electrons. The maximum Gasteiger partial charge on any atom is 0.404 e. The first-order valence-corrected chi connectivity index (χ1v) is 19.7. The predicted octanol–water partition coefficient (Wildman–Crippen LogP) is 5.18. The van der Waals surface area contributed by atoms with Gasteiger partial charge in [0, 0.05) is 31.1 Å². The molecule has 4 rings (SSSR count). The van der Waals surface area contributed by atoms with Gasteiger partial charge in [-0.15, -0.1) is 0 Å². The number of amides is 1. The molecule has 5 N–H and O–H groups in total. The van der Waals surface area contributed by atoms with Crippen LogP contribution in [-0.2, 0) is 38.0 Å².